The molecule has 1 aromatic heterocycles. The Hall–Kier alpha value is -2.25. The van der Waals surface area contributed by atoms with Crippen LogP contribution in [-0.4, -0.2) is 43.5 Å². The summed E-state index contributed by atoms with van der Waals surface area (Å²) in [6.07, 6.45) is 0. The molecule has 0 aliphatic carbocycles. The number of rotatable bonds is 9. The van der Waals surface area contributed by atoms with Crippen molar-refractivity contribution in [1.29, 1.82) is 0 Å². The number of hydrogen-bond acceptors (Lipinski definition) is 5. The molecule has 0 saturated heterocycles. The Kier molecular flexibility index (Phi) is 8.34. The second kappa shape index (κ2) is 10.5. The molecule has 2 aromatic rings. The number of ether oxygens (including phenoxy) is 2. The van der Waals surface area contributed by atoms with Crippen molar-refractivity contribution in [3.8, 4) is 11.5 Å². The van der Waals surface area contributed by atoms with Gasteiger partial charge in [0.2, 0.25) is 5.91 Å². The number of nitrogens with one attached hydrogen (secondary N) is 1. The molecule has 1 aromatic carbocycles. The summed E-state index contributed by atoms with van der Waals surface area (Å²) < 4.78 is 11.1. The molecule has 0 spiro atoms. The van der Waals surface area contributed by atoms with Crippen LogP contribution in [0.4, 0.5) is 0 Å². The zero-order valence-corrected chi connectivity index (χ0v) is 18.9. The second-order valence-electron chi connectivity index (χ2n) is 6.85. The van der Waals surface area contributed by atoms with E-state index in [0.29, 0.717) is 34.5 Å². The van der Waals surface area contributed by atoms with Crippen molar-refractivity contribution in [3.63, 3.8) is 0 Å². The van der Waals surface area contributed by atoms with Crippen LogP contribution >= 0.6 is 22.9 Å². The van der Waals surface area contributed by atoms with E-state index in [1.54, 1.807) is 23.1 Å². The average Bonchev–Trinajstić information content (AvgIpc) is 3.13. The fourth-order valence-electron chi connectivity index (χ4n) is 2.84. The number of nitrogens with zero attached hydrogens (tertiary/aromatic N) is 1. The Morgan fingerprint density at radius 3 is 2.21 bits per heavy atom. The van der Waals surface area contributed by atoms with Crippen LogP contribution in [0, 0.1) is 5.92 Å². The van der Waals surface area contributed by atoms with E-state index in [9.17, 15) is 9.59 Å². The number of halogens is 1. The van der Waals surface area contributed by atoms with Gasteiger partial charge < -0.3 is 19.7 Å². The van der Waals surface area contributed by atoms with Crippen LogP contribution in [0.2, 0.25) is 4.34 Å². The van der Waals surface area contributed by atoms with Gasteiger partial charge in [0, 0.05) is 23.1 Å². The van der Waals surface area contributed by atoms with Gasteiger partial charge in [-0.25, -0.2) is 0 Å². The lowest BCUT2D eigenvalue weighted by molar-refractivity contribution is -0.134. The minimum atomic E-state index is -0.657. The summed E-state index contributed by atoms with van der Waals surface area (Å²) in [5, 5.41) is 2.88. The Balaban J connectivity index is 2.19. The summed E-state index contributed by atoms with van der Waals surface area (Å²) in [5.74, 6) is 0.443. The largest absolute Gasteiger partial charge is 0.497 e. The van der Waals surface area contributed by atoms with Crippen LogP contribution in [0.1, 0.15) is 36.0 Å². The molecule has 6 nitrogen and oxygen atoms in total. The highest BCUT2D eigenvalue weighted by Gasteiger charge is 2.29. The smallest absolute Gasteiger partial charge is 0.252 e. The summed E-state index contributed by atoms with van der Waals surface area (Å²) in [5.41, 5.74) is 0.368. The molecule has 2 rings (SSSR count). The van der Waals surface area contributed by atoms with Gasteiger partial charge in [0.1, 0.15) is 17.5 Å². The van der Waals surface area contributed by atoms with Gasteiger partial charge in [-0.15, -0.1) is 11.3 Å². The summed E-state index contributed by atoms with van der Waals surface area (Å²) in [7, 11) is 3.04. The van der Waals surface area contributed by atoms with Gasteiger partial charge in [-0.1, -0.05) is 25.4 Å². The van der Waals surface area contributed by atoms with Crippen LogP contribution in [0.15, 0.2) is 30.3 Å². The molecular formula is C21H27ClN2O4S. The van der Waals surface area contributed by atoms with Gasteiger partial charge in [-0.2, -0.15) is 0 Å². The number of methoxy groups -OCH3 is 2. The highest BCUT2D eigenvalue weighted by atomic mass is 35.5. The molecule has 1 unspecified atom stereocenters. The molecule has 1 heterocycles. The summed E-state index contributed by atoms with van der Waals surface area (Å²) in [4.78, 5) is 28.8. The number of benzene rings is 1. The Bertz CT molecular complexity index is 831. The highest BCUT2D eigenvalue weighted by molar-refractivity contribution is 7.16. The predicted octanol–water partition coefficient (Wildman–Crippen LogP) is 4.22. The molecule has 0 aliphatic heterocycles. The molecule has 2 amide bonds. The van der Waals surface area contributed by atoms with E-state index in [0.717, 1.165) is 4.88 Å². The fourth-order valence-corrected chi connectivity index (χ4v) is 3.95. The van der Waals surface area contributed by atoms with E-state index in [1.807, 2.05) is 32.9 Å². The molecule has 0 saturated carbocycles. The quantitative estimate of drug-likeness (QED) is 0.636. The van der Waals surface area contributed by atoms with Crippen molar-refractivity contribution in [2.45, 2.75) is 33.4 Å². The number of amides is 2. The topological polar surface area (TPSA) is 67.9 Å². The van der Waals surface area contributed by atoms with Crippen molar-refractivity contribution in [3.05, 3.63) is 45.1 Å². The van der Waals surface area contributed by atoms with Crippen molar-refractivity contribution >= 4 is 34.8 Å². The SMILES string of the molecule is CCN(Cc1ccc(Cl)s1)C(=O)C(NC(=O)c1cc(OC)cc(OC)c1)C(C)C. The van der Waals surface area contributed by atoms with Crippen molar-refractivity contribution in [2.24, 2.45) is 5.92 Å². The Morgan fingerprint density at radius 2 is 1.76 bits per heavy atom. The third-order valence-corrected chi connectivity index (χ3v) is 5.72. The molecule has 0 bridgehead atoms. The van der Waals surface area contributed by atoms with Crippen molar-refractivity contribution in [1.82, 2.24) is 10.2 Å². The lowest BCUT2D eigenvalue weighted by atomic mass is 10.0. The van der Waals surface area contributed by atoms with Crippen LogP contribution in [0.3, 0.4) is 0 Å². The summed E-state index contributed by atoms with van der Waals surface area (Å²) >= 11 is 7.45. The maximum Gasteiger partial charge on any atom is 0.252 e. The number of carbonyl (C=O) groups excluding carboxylic acids is 2. The maximum atomic E-state index is 13.2. The first-order valence-corrected chi connectivity index (χ1v) is 10.5. The van der Waals surface area contributed by atoms with Crippen LogP contribution in [0.25, 0.3) is 0 Å². The molecule has 1 N–H and O–H groups in total. The van der Waals surface area contributed by atoms with E-state index >= 15 is 0 Å². The van der Waals surface area contributed by atoms with E-state index in [-0.39, 0.29) is 17.7 Å². The molecule has 29 heavy (non-hydrogen) atoms. The minimum absolute atomic E-state index is 0.0834. The number of likely N-dealkylation sites (N-methyl/N-ethyl adjacent to an activating group) is 1. The second-order valence-corrected chi connectivity index (χ2v) is 8.65. The lowest BCUT2D eigenvalue weighted by Gasteiger charge is -2.29. The first kappa shape index (κ1) is 23.0. The van der Waals surface area contributed by atoms with Crippen molar-refractivity contribution in [2.75, 3.05) is 20.8 Å². The predicted molar refractivity (Wildman–Crippen MR) is 116 cm³/mol. The van der Waals surface area contributed by atoms with E-state index < -0.39 is 6.04 Å². The fraction of sp³-hybridized carbons (Fsp3) is 0.429. The number of thiophene rings is 1. The first-order chi connectivity index (χ1) is 13.8. The lowest BCUT2D eigenvalue weighted by Crippen LogP contribution is -2.51. The zero-order chi connectivity index (χ0) is 21.6. The van der Waals surface area contributed by atoms with Gasteiger partial charge in [-0.3, -0.25) is 9.59 Å². The Labute approximate surface area is 180 Å². The molecular weight excluding hydrogens is 412 g/mol. The highest BCUT2D eigenvalue weighted by Crippen LogP contribution is 2.24. The number of carbonyl (C=O) groups is 2. The van der Waals surface area contributed by atoms with Gasteiger partial charge in [0.05, 0.1) is 25.1 Å². The minimum Gasteiger partial charge on any atom is -0.497 e. The van der Waals surface area contributed by atoms with Gasteiger partial charge in [-0.05, 0) is 37.1 Å². The monoisotopic (exact) mass is 438 g/mol. The van der Waals surface area contributed by atoms with Crippen LogP contribution < -0.4 is 14.8 Å². The standard InChI is InChI=1S/C21H27ClN2O4S/c1-6-24(12-17-7-8-18(22)29-17)21(26)19(13(2)3)23-20(25)14-9-15(27-4)11-16(10-14)28-5/h7-11,13,19H,6,12H2,1-5H3,(H,23,25). The van der Waals surface area contributed by atoms with Crippen LogP contribution in [-0.2, 0) is 11.3 Å². The number of hydrogen-bond donors (Lipinski definition) is 1. The Morgan fingerprint density at radius 1 is 1.14 bits per heavy atom. The summed E-state index contributed by atoms with van der Waals surface area (Å²) in [6.45, 7) is 6.72. The molecule has 8 heteroatoms. The van der Waals surface area contributed by atoms with E-state index in [4.69, 9.17) is 21.1 Å². The maximum absolute atomic E-state index is 13.2. The average molecular weight is 439 g/mol. The van der Waals surface area contributed by atoms with Gasteiger partial charge in [0.25, 0.3) is 5.91 Å². The normalized spacial score (nSPS) is 11.8. The molecule has 0 aliphatic rings. The third-order valence-electron chi connectivity index (χ3n) is 4.50. The molecule has 1 atom stereocenters. The summed E-state index contributed by atoms with van der Waals surface area (Å²) in [6, 6.07) is 7.99. The van der Waals surface area contributed by atoms with E-state index in [2.05, 4.69) is 5.32 Å². The molecule has 158 valence electrons. The molecule has 0 radical (unpaired) electrons. The van der Waals surface area contributed by atoms with E-state index in [1.165, 1.54) is 25.6 Å². The zero-order valence-electron chi connectivity index (χ0n) is 17.3. The van der Waals surface area contributed by atoms with Gasteiger partial charge in [0.15, 0.2) is 0 Å². The van der Waals surface area contributed by atoms with Crippen LogP contribution in [0.5, 0.6) is 11.5 Å². The van der Waals surface area contributed by atoms with Crippen molar-refractivity contribution < 1.29 is 19.1 Å². The van der Waals surface area contributed by atoms with Gasteiger partial charge >= 0.3 is 0 Å². The first-order valence-electron chi connectivity index (χ1n) is 9.36. The molecule has 0 fully saturated rings. The third kappa shape index (κ3) is 6.11.